The molecule has 3 heterocycles. The minimum absolute atomic E-state index is 0.0998. The number of nitrogens with zero attached hydrogens (tertiary/aromatic N) is 6. The van der Waals surface area contributed by atoms with E-state index in [-0.39, 0.29) is 23.3 Å². The van der Waals surface area contributed by atoms with Gasteiger partial charge in [-0.1, -0.05) is 30.0 Å². The predicted octanol–water partition coefficient (Wildman–Crippen LogP) is 3.98. The molecule has 0 saturated carbocycles. The highest BCUT2D eigenvalue weighted by Crippen LogP contribution is 2.33. The van der Waals surface area contributed by atoms with E-state index in [0.29, 0.717) is 12.2 Å². The summed E-state index contributed by atoms with van der Waals surface area (Å²) in [6.07, 6.45) is 10.8. The molecule has 0 spiro atoms. The molecule has 9 heteroatoms. The molecular weight excluding hydrogens is 490 g/mol. The van der Waals surface area contributed by atoms with Crippen molar-refractivity contribution in [2.45, 2.75) is 52.6 Å². The zero-order valence-electron chi connectivity index (χ0n) is 23.5. The molecule has 1 atom stereocenters. The molecule has 204 valence electrons. The maximum atomic E-state index is 12.7. The fourth-order valence-corrected chi connectivity index (χ4v) is 4.79. The van der Waals surface area contributed by atoms with Crippen molar-refractivity contribution >= 4 is 23.7 Å². The van der Waals surface area contributed by atoms with Gasteiger partial charge in [-0.2, -0.15) is 4.58 Å². The lowest BCUT2D eigenvalue weighted by atomic mass is 9.95. The number of piperidine rings is 1. The molecule has 2 aromatic heterocycles. The van der Waals surface area contributed by atoms with Crippen LogP contribution in [0.3, 0.4) is 0 Å². The summed E-state index contributed by atoms with van der Waals surface area (Å²) in [5, 5.41) is 11.1. The number of rotatable bonds is 7. The minimum atomic E-state index is -0.248. The first-order chi connectivity index (χ1) is 18.6. The molecule has 1 aromatic carbocycles. The molecule has 3 aromatic rings. The molecular formula is C30H38N7O2+. The molecule has 2 amide bonds. The highest BCUT2D eigenvalue weighted by Gasteiger charge is 2.25. The topological polar surface area (TPSA) is 96.0 Å². The second-order valence-corrected chi connectivity index (χ2v) is 11.1. The molecule has 9 nitrogen and oxygen atoms in total. The Morgan fingerprint density at radius 3 is 2.74 bits per heavy atom. The van der Waals surface area contributed by atoms with E-state index in [1.54, 1.807) is 22.5 Å². The van der Waals surface area contributed by atoms with E-state index in [2.05, 4.69) is 57.2 Å². The van der Waals surface area contributed by atoms with Crippen molar-refractivity contribution in [1.82, 2.24) is 25.3 Å². The Bertz CT molecular complexity index is 1400. The van der Waals surface area contributed by atoms with Gasteiger partial charge in [0.1, 0.15) is 7.05 Å². The number of likely N-dealkylation sites (N-methyl/N-ethyl adjacent to an activating group) is 1. The Hall–Kier alpha value is -4.14. The summed E-state index contributed by atoms with van der Waals surface area (Å²) in [5.74, 6) is -0.0853. The first-order valence-corrected chi connectivity index (χ1v) is 13.3. The van der Waals surface area contributed by atoms with Crippen LogP contribution < -0.4 is 10.2 Å². The van der Waals surface area contributed by atoms with E-state index >= 15 is 0 Å². The largest absolute Gasteiger partial charge is 0.411 e. The molecule has 1 fully saturated rings. The first-order valence-electron chi connectivity index (χ1n) is 13.3. The zero-order valence-corrected chi connectivity index (χ0v) is 23.5. The van der Waals surface area contributed by atoms with Crippen LogP contribution in [0.1, 0.15) is 55.2 Å². The van der Waals surface area contributed by atoms with Gasteiger partial charge >= 0.3 is 5.91 Å². The number of aromatic nitrogens is 4. The van der Waals surface area contributed by atoms with Crippen molar-refractivity contribution in [1.29, 1.82) is 0 Å². The summed E-state index contributed by atoms with van der Waals surface area (Å²) >= 11 is 0. The van der Waals surface area contributed by atoms with Crippen molar-refractivity contribution in [3.05, 3.63) is 72.3 Å². The minimum Gasteiger partial charge on any atom is -0.369 e. The summed E-state index contributed by atoms with van der Waals surface area (Å²) in [6, 6.07) is 8.35. The van der Waals surface area contributed by atoms with Crippen molar-refractivity contribution < 1.29 is 14.2 Å². The van der Waals surface area contributed by atoms with E-state index in [4.69, 9.17) is 0 Å². The Labute approximate surface area is 230 Å². The number of benzene rings is 1. The Morgan fingerprint density at radius 1 is 1.26 bits per heavy atom. The molecule has 1 saturated heterocycles. The second kappa shape index (κ2) is 11.7. The molecule has 1 aliphatic rings. The highest BCUT2D eigenvalue weighted by atomic mass is 16.2. The van der Waals surface area contributed by atoms with Crippen molar-refractivity contribution in [3.8, 4) is 11.1 Å². The molecule has 1 aliphatic heterocycles. The van der Waals surface area contributed by atoms with Gasteiger partial charge in [-0.05, 0) is 63.3 Å². The number of hydrogen-bond acceptors (Lipinski definition) is 6. The Morgan fingerprint density at radius 2 is 2.05 bits per heavy atom. The first kappa shape index (κ1) is 27.9. The van der Waals surface area contributed by atoms with Crippen molar-refractivity contribution in [2.24, 2.45) is 5.92 Å². The second-order valence-electron chi connectivity index (χ2n) is 11.1. The van der Waals surface area contributed by atoms with Gasteiger partial charge < -0.3 is 10.2 Å². The third-order valence-corrected chi connectivity index (χ3v) is 7.06. The number of nitrogens with one attached hydrogen (secondary N) is 1. The molecule has 0 bridgehead atoms. The maximum Gasteiger partial charge on any atom is 0.411 e. The van der Waals surface area contributed by atoms with Gasteiger partial charge in [0.15, 0.2) is 11.9 Å². The van der Waals surface area contributed by atoms with Gasteiger partial charge in [-0.15, -0.1) is 5.10 Å². The predicted molar refractivity (Wildman–Crippen MR) is 153 cm³/mol. The number of hydrogen-bond donors (Lipinski definition) is 1. The summed E-state index contributed by atoms with van der Waals surface area (Å²) in [5.41, 5.74) is 5.47. The van der Waals surface area contributed by atoms with Crippen LogP contribution in [-0.2, 0) is 16.9 Å². The molecule has 1 unspecified atom stereocenters. The molecule has 1 N–H and O–H groups in total. The summed E-state index contributed by atoms with van der Waals surface area (Å²) in [4.78, 5) is 31.4. The van der Waals surface area contributed by atoms with Crippen LogP contribution in [0.15, 0.2) is 55.5 Å². The lowest BCUT2D eigenvalue weighted by molar-refractivity contribution is -0.410. The molecule has 0 aliphatic carbocycles. The standard InChI is InChI=1S/C30H37N7O2/c1-7-28(38)35(6)18-22-9-8-14-36(19-22)27-17-31-13-12-25(27)23-10-11-24(21(2)15-23)16-32-29(39)26-20-37(34-33-26)30(3,4)5/h7,10-13,15,17-18,20,22H,1,8-9,14,16,19H2,2-6H3/p+1. The Balaban J connectivity index is 1.48. The fourth-order valence-electron chi connectivity index (χ4n) is 4.79. The number of carbonyl (C=O) groups is 2. The van der Waals surface area contributed by atoms with Crippen LogP contribution in [0, 0.1) is 12.8 Å². The van der Waals surface area contributed by atoms with Crippen molar-refractivity contribution in [2.75, 3.05) is 25.0 Å². The average molecular weight is 529 g/mol. The fraction of sp³-hybridized carbons (Fsp3) is 0.400. The summed E-state index contributed by atoms with van der Waals surface area (Å²) in [7, 11) is 1.78. The lowest BCUT2D eigenvalue weighted by Crippen LogP contribution is -2.38. The smallest absolute Gasteiger partial charge is 0.369 e. The number of carbonyl (C=O) groups excluding carboxylic acids is 2. The van der Waals surface area contributed by atoms with Crippen LogP contribution in [0.5, 0.6) is 0 Å². The van der Waals surface area contributed by atoms with Crippen LogP contribution >= 0.6 is 0 Å². The van der Waals surface area contributed by atoms with Gasteiger partial charge in [0.05, 0.1) is 29.5 Å². The highest BCUT2D eigenvalue weighted by molar-refractivity contribution is 5.91. The summed E-state index contributed by atoms with van der Waals surface area (Å²) < 4.78 is 3.31. The van der Waals surface area contributed by atoms with Crippen LogP contribution in [0.25, 0.3) is 11.1 Å². The average Bonchev–Trinajstić information content (AvgIpc) is 3.43. The van der Waals surface area contributed by atoms with Crippen LogP contribution in [-0.4, -0.2) is 62.7 Å². The lowest BCUT2D eigenvalue weighted by Gasteiger charge is -2.33. The normalized spacial score (nSPS) is 16.2. The summed E-state index contributed by atoms with van der Waals surface area (Å²) in [6.45, 7) is 13.8. The van der Waals surface area contributed by atoms with E-state index in [1.807, 2.05) is 45.4 Å². The molecule has 4 rings (SSSR count). The maximum absolute atomic E-state index is 12.7. The quantitative estimate of drug-likeness (QED) is 0.283. The van der Waals surface area contributed by atoms with Gasteiger partial charge in [0.25, 0.3) is 5.91 Å². The Kier molecular flexibility index (Phi) is 8.38. The van der Waals surface area contributed by atoms with E-state index in [9.17, 15) is 9.59 Å². The third-order valence-electron chi connectivity index (χ3n) is 7.06. The van der Waals surface area contributed by atoms with E-state index < -0.39 is 0 Å². The number of anilines is 1. The number of aryl methyl sites for hydroxylation is 1. The van der Waals surface area contributed by atoms with Crippen LogP contribution in [0.4, 0.5) is 5.69 Å². The molecule has 39 heavy (non-hydrogen) atoms. The van der Waals surface area contributed by atoms with Crippen molar-refractivity contribution in [3.63, 3.8) is 0 Å². The van der Waals surface area contributed by atoms with E-state index in [0.717, 1.165) is 53.9 Å². The van der Waals surface area contributed by atoms with Crippen LogP contribution in [0.2, 0.25) is 0 Å². The van der Waals surface area contributed by atoms with E-state index in [1.165, 1.54) is 6.08 Å². The number of pyridine rings is 1. The number of amides is 2. The SMILES string of the molecule is C=CC(=O)[N+](C)=CC1CCCN(c2cnccc2-c2ccc(CNC(=O)c3cn(C(C)(C)C)nn3)c(C)c2)C1. The monoisotopic (exact) mass is 528 g/mol. The van der Waals surface area contributed by atoms with Gasteiger partial charge in [0, 0.05) is 37.5 Å². The third kappa shape index (κ3) is 6.66. The van der Waals surface area contributed by atoms with Gasteiger partial charge in [-0.3, -0.25) is 9.78 Å². The zero-order chi connectivity index (χ0) is 28.2. The molecule has 0 radical (unpaired) electrons. The van der Waals surface area contributed by atoms with Gasteiger partial charge in [-0.25, -0.2) is 9.48 Å². The van der Waals surface area contributed by atoms with Gasteiger partial charge in [0.2, 0.25) is 0 Å².